The fraction of sp³-hybridized carbons (Fsp3) is 0.286. The summed E-state index contributed by atoms with van der Waals surface area (Å²) in [7, 11) is 1.57. The van der Waals surface area contributed by atoms with Gasteiger partial charge in [0.1, 0.15) is 0 Å². The number of para-hydroxylation sites is 1. The molecule has 0 saturated carbocycles. The van der Waals surface area contributed by atoms with Crippen LogP contribution >= 0.6 is 15.9 Å². The van der Waals surface area contributed by atoms with Gasteiger partial charge in [-0.3, -0.25) is 14.4 Å². The maximum absolute atomic E-state index is 12.2. The number of nitrogens with one attached hydrogen (secondary N) is 1. The number of likely N-dealkylation sites (N-methyl/N-ethyl adjacent to an activating group) is 1. The fourth-order valence-corrected chi connectivity index (χ4v) is 2.90. The van der Waals surface area contributed by atoms with Crippen molar-refractivity contribution in [2.75, 3.05) is 18.9 Å². The third-order valence-electron chi connectivity index (χ3n) is 4.21. The number of hydrogen-bond acceptors (Lipinski definition) is 3. The van der Waals surface area contributed by atoms with E-state index in [0.29, 0.717) is 5.56 Å². The number of rotatable bonds is 8. The van der Waals surface area contributed by atoms with Gasteiger partial charge in [0, 0.05) is 35.6 Å². The fourth-order valence-electron chi connectivity index (χ4n) is 2.64. The van der Waals surface area contributed by atoms with Gasteiger partial charge in [-0.25, -0.2) is 0 Å². The lowest BCUT2D eigenvalue weighted by atomic mass is 10.1. The van der Waals surface area contributed by atoms with Gasteiger partial charge in [0.05, 0.1) is 6.54 Å². The number of carbonyl (C=O) groups excluding carboxylic acids is 3. The third kappa shape index (κ3) is 6.32. The van der Waals surface area contributed by atoms with Gasteiger partial charge in [0.25, 0.3) is 0 Å². The largest absolute Gasteiger partial charge is 0.336 e. The SMILES string of the molecule is CCc1ccccc1NC(=O)CN(C)C(=O)CCC(=O)c1ccc(Br)cc1. The summed E-state index contributed by atoms with van der Waals surface area (Å²) in [6, 6.07) is 14.6. The zero-order valence-electron chi connectivity index (χ0n) is 15.5. The topological polar surface area (TPSA) is 66.5 Å². The second-order valence-corrected chi connectivity index (χ2v) is 7.15. The lowest BCUT2D eigenvalue weighted by Crippen LogP contribution is -2.35. The molecule has 0 aliphatic rings. The van der Waals surface area contributed by atoms with Gasteiger partial charge in [0.2, 0.25) is 11.8 Å². The molecule has 0 aromatic heterocycles. The number of aryl methyl sites for hydroxylation is 1. The number of ketones is 1. The Bertz CT molecular complexity index is 818. The lowest BCUT2D eigenvalue weighted by Gasteiger charge is -2.17. The average molecular weight is 431 g/mol. The molecule has 0 fully saturated rings. The molecule has 5 nitrogen and oxygen atoms in total. The molecular weight excluding hydrogens is 408 g/mol. The highest BCUT2D eigenvalue weighted by atomic mass is 79.9. The number of Topliss-reactive ketones (excluding diaryl/α,β-unsaturated/α-hetero) is 1. The van der Waals surface area contributed by atoms with Crippen LogP contribution in [-0.2, 0) is 16.0 Å². The smallest absolute Gasteiger partial charge is 0.243 e. The summed E-state index contributed by atoms with van der Waals surface area (Å²) < 4.78 is 0.894. The lowest BCUT2D eigenvalue weighted by molar-refractivity contribution is -0.133. The number of amides is 2. The van der Waals surface area contributed by atoms with Crippen LogP contribution in [0.4, 0.5) is 5.69 Å². The molecule has 27 heavy (non-hydrogen) atoms. The molecule has 1 N–H and O–H groups in total. The Labute approximate surface area is 167 Å². The molecule has 0 heterocycles. The second kappa shape index (κ2) is 10.0. The maximum Gasteiger partial charge on any atom is 0.243 e. The van der Waals surface area contributed by atoms with Gasteiger partial charge >= 0.3 is 0 Å². The molecule has 0 unspecified atom stereocenters. The molecule has 0 radical (unpaired) electrons. The molecule has 0 aliphatic heterocycles. The molecule has 0 atom stereocenters. The summed E-state index contributed by atoms with van der Waals surface area (Å²) in [5.74, 6) is -0.587. The minimum Gasteiger partial charge on any atom is -0.336 e. The van der Waals surface area contributed by atoms with Crippen LogP contribution in [0.15, 0.2) is 53.0 Å². The standard InChI is InChI=1S/C21H23BrN2O3/c1-3-15-6-4-5-7-18(15)23-20(26)14-24(2)21(27)13-12-19(25)16-8-10-17(22)11-9-16/h4-11H,3,12-14H2,1-2H3,(H,23,26). The second-order valence-electron chi connectivity index (χ2n) is 6.24. The first-order valence-corrected chi connectivity index (χ1v) is 9.60. The van der Waals surface area contributed by atoms with E-state index in [2.05, 4.69) is 21.2 Å². The van der Waals surface area contributed by atoms with Gasteiger partial charge in [-0.1, -0.05) is 53.2 Å². The number of benzene rings is 2. The summed E-state index contributed by atoms with van der Waals surface area (Å²) >= 11 is 3.32. The van der Waals surface area contributed by atoms with Crippen molar-refractivity contribution in [3.05, 3.63) is 64.1 Å². The Kier molecular flexibility index (Phi) is 7.73. The first kappa shape index (κ1) is 20.8. The van der Waals surface area contributed by atoms with Gasteiger partial charge < -0.3 is 10.2 Å². The molecule has 0 aliphatic carbocycles. The van der Waals surface area contributed by atoms with Crippen LogP contribution in [0.5, 0.6) is 0 Å². The van der Waals surface area contributed by atoms with Crippen LogP contribution in [0, 0.1) is 0 Å². The number of carbonyl (C=O) groups is 3. The van der Waals surface area contributed by atoms with E-state index in [1.54, 1.807) is 31.3 Å². The molecule has 0 saturated heterocycles. The highest BCUT2D eigenvalue weighted by Gasteiger charge is 2.16. The van der Waals surface area contributed by atoms with Gasteiger partial charge in [-0.15, -0.1) is 0 Å². The van der Waals surface area contributed by atoms with Crippen molar-refractivity contribution in [2.45, 2.75) is 26.2 Å². The predicted molar refractivity (Wildman–Crippen MR) is 110 cm³/mol. The molecule has 6 heteroatoms. The maximum atomic E-state index is 12.2. The van der Waals surface area contributed by atoms with Crippen molar-refractivity contribution < 1.29 is 14.4 Å². The molecule has 2 amide bonds. The summed E-state index contributed by atoms with van der Waals surface area (Å²) in [6.07, 6.45) is 0.999. The summed E-state index contributed by atoms with van der Waals surface area (Å²) in [5, 5.41) is 2.84. The van der Waals surface area contributed by atoms with E-state index in [1.807, 2.05) is 31.2 Å². The van der Waals surface area contributed by atoms with E-state index in [4.69, 9.17) is 0 Å². The Morgan fingerprint density at radius 1 is 1.00 bits per heavy atom. The number of halogens is 1. The first-order valence-electron chi connectivity index (χ1n) is 8.81. The van der Waals surface area contributed by atoms with Gasteiger partial charge in [-0.2, -0.15) is 0 Å². The van der Waals surface area contributed by atoms with E-state index in [0.717, 1.165) is 22.1 Å². The Hall–Kier alpha value is -2.47. The first-order chi connectivity index (χ1) is 12.9. The zero-order chi connectivity index (χ0) is 19.8. The Balaban J connectivity index is 1.83. The predicted octanol–water partition coefficient (Wildman–Crippen LogP) is 4.07. The summed E-state index contributed by atoms with van der Waals surface area (Å²) in [4.78, 5) is 37.9. The zero-order valence-corrected chi connectivity index (χ0v) is 17.1. The highest BCUT2D eigenvalue weighted by Crippen LogP contribution is 2.15. The van der Waals surface area contributed by atoms with Crippen LogP contribution in [-0.4, -0.2) is 36.1 Å². The van der Waals surface area contributed by atoms with E-state index in [9.17, 15) is 14.4 Å². The highest BCUT2D eigenvalue weighted by molar-refractivity contribution is 9.10. The minimum atomic E-state index is -0.258. The molecular formula is C21H23BrN2O3. The van der Waals surface area contributed by atoms with Crippen molar-refractivity contribution in [1.82, 2.24) is 4.90 Å². The van der Waals surface area contributed by atoms with Crippen molar-refractivity contribution in [1.29, 1.82) is 0 Å². The molecule has 2 rings (SSSR count). The van der Waals surface area contributed by atoms with Gasteiger partial charge in [-0.05, 0) is 30.2 Å². The van der Waals surface area contributed by atoms with Gasteiger partial charge in [0.15, 0.2) is 5.78 Å². The number of hydrogen-bond donors (Lipinski definition) is 1. The molecule has 2 aromatic rings. The summed E-state index contributed by atoms with van der Waals surface area (Å²) in [6.45, 7) is 1.96. The van der Waals surface area contributed by atoms with Crippen LogP contribution in [0.3, 0.4) is 0 Å². The number of anilines is 1. The van der Waals surface area contributed by atoms with Crippen LogP contribution in [0.25, 0.3) is 0 Å². The van der Waals surface area contributed by atoms with Crippen LogP contribution in [0.1, 0.15) is 35.7 Å². The van der Waals surface area contributed by atoms with E-state index >= 15 is 0 Å². The molecule has 142 valence electrons. The van der Waals surface area contributed by atoms with Crippen LogP contribution in [0.2, 0.25) is 0 Å². The average Bonchev–Trinajstić information content (AvgIpc) is 2.66. The van der Waals surface area contributed by atoms with E-state index < -0.39 is 0 Å². The monoisotopic (exact) mass is 430 g/mol. The van der Waals surface area contributed by atoms with Crippen molar-refractivity contribution in [3.63, 3.8) is 0 Å². The molecule has 0 spiro atoms. The molecule has 0 bridgehead atoms. The third-order valence-corrected chi connectivity index (χ3v) is 4.74. The Morgan fingerprint density at radius 3 is 2.33 bits per heavy atom. The summed E-state index contributed by atoms with van der Waals surface area (Å²) in [5.41, 5.74) is 2.37. The van der Waals surface area contributed by atoms with Crippen molar-refractivity contribution >= 4 is 39.2 Å². The molecule has 2 aromatic carbocycles. The quantitative estimate of drug-likeness (QED) is 0.641. The van der Waals surface area contributed by atoms with Crippen LogP contribution < -0.4 is 5.32 Å². The normalized spacial score (nSPS) is 10.3. The minimum absolute atomic E-state index is 0.0522. The van der Waals surface area contributed by atoms with Crippen molar-refractivity contribution in [3.8, 4) is 0 Å². The van der Waals surface area contributed by atoms with Crippen molar-refractivity contribution in [2.24, 2.45) is 0 Å². The van der Waals surface area contributed by atoms with E-state index in [1.165, 1.54) is 4.90 Å². The number of nitrogens with zero attached hydrogens (tertiary/aromatic N) is 1. The Morgan fingerprint density at radius 2 is 1.67 bits per heavy atom. The van der Waals surface area contributed by atoms with E-state index in [-0.39, 0.29) is 37.0 Å².